The first kappa shape index (κ1) is 25.4. The third-order valence-electron chi connectivity index (χ3n) is 4.90. The fourth-order valence-electron chi connectivity index (χ4n) is 3.04. The number of aliphatic carboxylic acids is 1. The summed E-state index contributed by atoms with van der Waals surface area (Å²) in [6, 6.07) is 0. The van der Waals surface area contributed by atoms with Gasteiger partial charge in [-0.05, 0) is 26.2 Å². The van der Waals surface area contributed by atoms with Gasteiger partial charge in [0.25, 0.3) is 0 Å². The van der Waals surface area contributed by atoms with Gasteiger partial charge < -0.3 is 14.6 Å². The minimum atomic E-state index is -0.937. The zero-order chi connectivity index (χ0) is 19.5. The Morgan fingerprint density at radius 3 is 1.69 bits per heavy atom. The zero-order valence-electron chi connectivity index (χ0n) is 17.6. The van der Waals surface area contributed by atoms with Crippen LogP contribution in [0.2, 0.25) is 0 Å². The van der Waals surface area contributed by atoms with Crippen LogP contribution in [0.4, 0.5) is 0 Å². The Bertz CT molecular complexity index is 307. The van der Waals surface area contributed by atoms with Crippen LogP contribution in [-0.2, 0) is 14.3 Å². The number of hydrogen-bond acceptors (Lipinski definition) is 3. The average Bonchev–Trinajstić information content (AvgIpc) is 2.62. The predicted octanol–water partition coefficient (Wildman–Crippen LogP) is 6.71. The van der Waals surface area contributed by atoms with Gasteiger partial charge in [0.1, 0.15) is 6.61 Å². The summed E-state index contributed by atoms with van der Waals surface area (Å²) in [5, 5.41) is 8.76. The second-order valence-corrected chi connectivity index (χ2v) is 7.52. The summed E-state index contributed by atoms with van der Waals surface area (Å²) in [5.74, 6) is -0.937. The van der Waals surface area contributed by atoms with E-state index in [1.807, 2.05) is 6.92 Å². The Morgan fingerprint density at radius 1 is 0.808 bits per heavy atom. The van der Waals surface area contributed by atoms with Gasteiger partial charge >= 0.3 is 5.97 Å². The molecule has 4 nitrogen and oxygen atoms in total. The molecular weight excluding hydrogens is 328 g/mol. The van der Waals surface area contributed by atoms with E-state index in [9.17, 15) is 4.79 Å². The van der Waals surface area contributed by atoms with Crippen LogP contribution in [0, 0.1) is 0 Å². The Labute approximate surface area is 162 Å². The maximum atomic E-state index is 10.7. The first-order chi connectivity index (χ1) is 12.6. The van der Waals surface area contributed by atoms with E-state index < -0.39 is 5.97 Å². The molecule has 0 aromatic rings. The molecule has 2 unspecified atom stereocenters. The molecule has 0 spiro atoms. The third-order valence-corrected chi connectivity index (χ3v) is 4.90. The van der Waals surface area contributed by atoms with Gasteiger partial charge in [0.2, 0.25) is 0 Å². The summed E-state index contributed by atoms with van der Waals surface area (Å²) in [4.78, 5) is 10.7. The molecule has 0 aliphatic rings. The van der Waals surface area contributed by atoms with Gasteiger partial charge in [0, 0.05) is 0 Å². The fourth-order valence-corrected chi connectivity index (χ4v) is 3.04. The summed E-state index contributed by atoms with van der Waals surface area (Å²) in [6.45, 7) is 6.05. The topological polar surface area (TPSA) is 55.8 Å². The van der Waals surface area contributed by atoms with Crippen LogP contribution >= 0.6 is 0 Å². The highest BCUT2D eigenvalue weighted by atomic mass is 16.7. The summed E-state index contributed by atoms with van der Waals surface area (Å²) in [7, 11) is 0. The molecule has 0 rings (SSSR count). The number of carboxylic acid groups (broad SMARTS) is 1. The van der Waals surface area contributed by atoms with Gasteiger partial charge in [0.05, 0.1) is 6.10 Å². The highest BCUT2D eigenvalue weighted by molar-refractivity contribution is 5.67. The van der Waals surface area contributed by atoms with Crippen molar-refractivity contribution in [3.8, 4) is 0 Å². The number of carboxylic acids is 1. The molecule has 0 saturated heterocycles. The Balaban J connectivity index is 3.52. The molecule has 0 heterocycles. The van der Waals surface area contributed by atoms with E-state index >= 15 is 0 Å². The quantitative estimate of drug-likeness (QED) is 0.190. The van der Waals surface area contributed by atoms with Crippen LogP contribution in [0.5, 0.6) is 0 Å². The average molecular weight is 373 g/mol. The Hall–Kier alpha value is -0.610. The fraction of sp³-hybridized carbons (Fsp3) is 0.955. The number of unbranched alkanes of at least 4 members (excludes halogenated alkanes) is 12. The number of carbonyl (C=O) groups is 1. The molecule has 0 aliphatic carbocycles. The normalized spacial score (nSPS) is 13.7. The standard InChI is InChI=1S/C22H44O4/c1-4-6-7-8-9-10-11-12-13-14-15-16-17-18-22(25-19-21(23)24)26-20(3)5-2/h20,22H,4-19H2,1-3H3,(H,23,24). The minimum Gasteiger partial charge on any atom is -0.480 e. The molecular formula is C22H44O4. The summed E-state index contributed by atoms with van der Waals surface area (Å²) < 4.78 is 11.1. The van der Waals surface area contributed by atoms with E-state index in [-0.39, 0.29) is 19.0 Å². The molecule has 1 N–H and O–H groups in total. The highest BCUT2D eigenvalue weighted by Gasteiger charge is 2.14. The molecule has 0 aromatic carbocycles. The van der Waals surface area contributed by atoms with Crippen LogP contribution in [0.15, 0.2) is 0 Å². The second kappa shape index (κ2) is 19.2. The van der Waals surface area contributed by atoms with Crippen molar-refractivity contribution < 1.29 is 19.4 Å². The lowest BCUT2D eigenvalue weighted by atomic mass is 10.0. The molecule has 2 atom stereocenters. The Morgan fingerprint density at radius 2 is 1.27 bits per heavy atom. The van der Waals surface area contributed by atoms with Crippen molar-refractivity contribution in [2.45, 2.75) is 129 Å². The van der Waals surface area contributed by atoms with Gasteiger partial charge in [-0.1, -0.05) is 90.9 Å². The van der Waals surface area contributed by atoms with Crippen LogP contribution in [0.25, 0.3) is 0 Å². The first-order valence-corrected chi connectivity index (χ1v) is 11.1. The minimum absolute atomic E-state index is 0.107. The molecule has 0 bridgehead atoms. The van der Waals surface area contributed by atoms with Gasteiger partial charge in [-0.3, -0.25) is 0 Å². The van der Waals surface area contributed by atoms with E-state index in [0.717, 1.165) is 19.3 Å². The monoisotopic (exact) mass is 372 g/mol. The largest absolute Gasteiger partial charge is 0.480 e. The summed E-state index contributed by atoms with van der Waals surface area (Å²) >= 11 is 0. The van der Waals surface area contributed by atoms with E-state index in [0.29, 0.717) is 0 Å². The number of rotatable bonds is 20. The molecule has 0 aliphatic heterocycles. The van der Waals surface area contributed by atoms with Gasteiger partial charge in [-0.25, -0.2) is 4.79 Å². The van der Waals surface area contributed by atoms with E-state index in [1.54, 1.807) is 0 Å². The molecule has 26 heavy (non-hydrogen) atoms. The van der Waals surface area contributed by atoms with Crippen molar-refractivity contribution >= 4 is 5.97 Å². The maximum Gasteiger partial charge on any atom is 0.329 e. The summed E-state index contributed by atoms with van der Waals surface area (Å²) in [6.07, 6.45) is 18.7. The predicted molar refractivity (Wildman–Crippen MR) is 109 cm³/mol. The lowest BCUT2D eigenvalue weighted by Crippen LogP contribution is -2.25. The zero-order valence-corrected chi connectivity index (χ0v) is 17.6. The lowest BCUT2D eigenvalue weighted by molar-refractivity contribution is -0.183. The van der Waals surface area contributed by atoms with Crippen LogP contribution in [0.3, 0.4) is 0 Å². The molecule has 0 aromatic heterocycles. The van der Waals surface area contributed by atoms with Gasteiger partial charge in [0.15, 0.2) is 6.29 Å². The van der Waals surface area contributed by atoms with E-state index in [1.165, 1.54) is 77.0 Å². The molecule has 156 valence electrons. The van der Waals surface area contributed by atoms with Crippen LogP contribution in [-0.4, -0.2) is 30.1 Å². The molecule has 0 amide bonds. The van der Waals surface area contributed by atoms with Crippen molar-refractivity contribution in [1.29, 1.82) is 0 Å². The SMILES string of the molecule is CCCCCCCCCCCCCCCC(OCC(=O)O)OC(C)CC. The number of ether oxygens (including phenoxy) is 2. The highest BCUT2D eigenvalue weighted by Crippen LogP contribution is 2.15. The smallest absolute Gasteiger partial charge is 0.329 e. The van der Waals surface area contributed by atoms with E-state index in [4.69, 9.17) is 14.6 Å². The van der Waals surface area contributed by atoms with Crippen molar-refractivity contribution in [3.05, 3.63) is 0 Å². The van der Waals surface area contributed by atoms with Crippen molar-refractivity contribution in [2.75, 3.05) is 6.61 Å². The number of hydrogen-bond donors (Lipinski definition) is 1. The Kier molecular flexibility index (Phi) is 18.7. The molecule has 4 heteroatoms. The van der Waals surface area contributed by atoms with Crippen LogP contribution in [0.1, 0.15) is 117 Å². The van der Waals surface area contributed by atoms with E-state index in [2.05, 4.69) is 13.8 Å². The summed E-state index contributed by atoms with van der Waals surface area (Å²) in [5.41, 5.74) is 0. The first-order valence-electron chi connectivity index (χ1n) is 11.1. The molecule has 0 fully saturated rings. The van der Waals surface area contributed by atoms with Crippen molar-refractivity contribution in [1.82, 2.24) is 0 Å². The second-order valence-electron chi connectivity index (χ2n) is 7.52. The third kappa shape index (κ3) is 18.2. The van der Waals surface area contributed by atoms with Crippen molar-refractivity contribution in [2.24, 2.45) is 0 Å². The van der Waals surface area contributed by atoms with Crippen LogP contribution < -0.4 is 0 Å². The van der Waals surface area contributed by atoms with Gasteiger partial charge in [-0.2, -0.15) is 0 Å². The molecule has 0 radical (unpaired) electrons. The lowest BCUT2D eigenvalue weighted by Gasteiger charge is -2.21. The van der Waals surface area contributed by atoms with Gasteiger partial charge in [-0.15, -0.1) is 0 Å². The maximum absolute atomic E-state index is 10.7. The van der Waals surface area contributed by atoms with Crippen molar-refractivity contribution in [3.63, 3.8) is 0 Å². The molecule has 0 saturated carbocycles.